The summed E-state index contributed by atoms with van der Waals surface area (Å²) in [5.41, 5.74) is 0. The third-order valence-electron chi connectivity index (χ3n) is 1.47. The van der Waals surface area contributed by atoms with Gasteiger partial charge in [-0.15, -0.1) is 0 Å². The molecule has 0 fully saturated rings. The fourth-order valence-corrected chi connectivity index (χ4v) is 1.80. The molecule has 0 aromatic carbocycles. The van der Waals surface area contributed by atoms with Crippen molar-refractivity contribution in [2.24, 2.45) is 0 Å². The Balaban J connectivity index is 5.05. The number of allylic oxidation sites excluding steroid dienone is 1. The highest BCUT2D eigenvalue weighted by Crippen LogP contribution is 2.29. The van der Waals surface area contributed by atoms with Gasteiger partial charge < -0.3 is 9.16 Å². The molecule has 0 N–H and O–H groups in total. The van der Waals surface area contributed by atoms with Crippen molar-refractivity contribution in [1.29, 1.82) is 5.26 Å². The van der Waals surface area contributed by atoms with Crippen LogP contribution in [0.1, 0.15) is 6.92 Å². The van der Waals surface area contributed by atoms with E-state index >= 15 is 0 Å². The molecule has 0 bridgehead atoms. The Bertz CT molecular complexity index is 315. The van der Waals surface area contributed by atoms with Gasteiger partial charge in [0.2, 0.25) is 8.32 Å². The minimum atomic E-state index is -4.60. The average molecular weight is 267 g/mol. The average Bonchev–Trinajstić information content (AvgIpc) is 2.12. The van der Waals surface area contributed by atoms with Crippen LogP contribution in [-0.2, 0) is 9.16 Å². The standard InChI is InChI=1S/C10H16F3NO2Si/c1-5-15-8(7-14)6-9(10(11,12)13)16-17(2,3)4/h6,8H,5H2,1-4H3/b9-6-. The van der Waals surface area contributed by atoms with Gasteiger partial charge in [0.15, 0.2) is 11.9 Å². The van der Waals surface area contributed by atoms with Gasteiger partial charge in [-0.3, -0.25) is 0 Å². The topological polar surface area (TPSA) is 42.2 Å². The minimum Gasteiger partial charge on any atom is -0.541 e. The van der Waals surface area contributed by atoms with Crippen LogP contribution >= 0.6 is 0 Å². The zero-order valence-electron chi connectivity index (χ0n) is 10.3. The van der Waals surface area contributed by atoms with Crippen LogP contribution in [0.25, 0.3) is 0 Å². The Morgan fingerprint density at radius 3 is 2.24 bits per heavy atom. The summed E-state index contributed by atoms with van der Waals surface area (Å²) in [6.45, 7) is 6.66. The lowest BCUT2D eigenvalue weighted by molar-refractivity contribution is -0.118. The van der Waals surface area contributed by atoms with Gasteiger partial charge in [-0.2, -0.15) is 18.4 Å². The number of hydrogen-bond acceptors (Lipinski definition) is 3. The van der Waals surface area contributed by atoms with E-state index in [9.17, 15) is 13.2 Å². The first-order valence-electron chi connectivity index (χ1n) is 5.09. The quantitative estimate of drug-likeness (QED) is 0.567. The summed E-state index contributed by atoms with van der Waals surface area (Å²) in [4.78, 5) is 0. The summed E-state index contributed by atoms with van der Waals surface area (Å²) in [5.74, 6) is -1.14. The van der Waals surface area contributed by atoms with E-state index in [-0.39, 0.29) is 6.61 Å². The Hall–Kier alpha value is -1.00. The van der Waals surface area contributed by atoms with Gasteiger partial charge >= 0.3 is 6.18 Å². The van der Waals surface area contributed by atoms with Crippen LogP contribution in [0.4, 0.5) is 13.2 Å². The minimum absolute atomic E-state index is 0.160. The first-order chi connectivity index (χ1) is 7.60. The van der Waals surface area contributed by atoms with Crippen molar-refractivity contribution in [3.63, 3.8) is 0 Å². The predicted octanol–water partition coefficient (Wildman–Crippen LogP) is 3.21. The van der Waals surface area contributed by atoms with Crippen molar-refractivity contribution in [2.45, 2.75) is 38.8 Å². The molecule has 0 aliphatic heterocycles. The first kappa shape index (κ1) is 16.0. The van der Waals surface area contributed by atoms with E-state index in [1.54, 1.807) is 32.6 Å². The van der Waals surface area contributed by atoms with E-state index < -0.39 is 26.4 Å². The normalized spacial score (nSPS) is 15.3. The van der Waals surface area contributed by atoms with Crippen LogP contribution < -0.4 is 0 Å². The maximum absolute atomic E-state index is 12.7. The SMILES string of the molecule is CCOC(C#N)/C=C(\O[Si](C)(C)C)C(F)(F)F. The van der Waals surface area contributed by atoms with Crippen molar-refractivity contribution < 1.29 is 22.3 Å². The predicted molar refractivity (Wildman–Crippen MR) is 59.6 cm³/mol. The van der Waals surface area contributed by atoms with E-state index in [1.165, 1.54) is 0 Å². The van der Waals surface area contributed by atoms with Crippen LogP contribution in [0.5, 0.6) is 0 Å². The van der Waals surface area contributed by atoms with E-state index in [0.29, 0.717) is 6.08 Å². The molecular formula is C10H16F3NO2Si. The summed E-state index contributed by atoms with van der Waals surface area (Å²) in [7, 11) is -2.39. The van der Waals surface area contributed by atoms with Crippen LogP contribution in [0.3, 0.4) is 0 Å². The second kappa shape index (κ2) is 6.07. The van der Waals surface area contributed by atoms with E-state index in [1.807, 2.05) is 0 Å². The molecule has 0 heterocycles. The summed E-state index contributed by atoms with van der Waals surface area (Å²) in [6.07, 6.45) is -5.17. The Kier molecular flexibility index (Phi) is 5.71. The van der Waals surface area contributed by atoms with Gasteiger partial charge in [-0.1, -0.05) is 0 Å². The van der Waals surface area contributed by atoms with E-state index in [4.69, 9.17) is 14.4 Å². The van der Waals surface area contributed by atoms with Crippen molar-refractivity contribution in [3.8, 4) is 6.07 Å². The van der Waals surface area contributed by atoms with Crippen molar-refractivity contribution in [3.05, 3.63) is 11.8 Å². The highest BCUT2D eigenvalue weighted by Gasteiger charge is 2.39. The van der Waals surface area contributed by atoms with Crippen LogP contribution in [0, 0.1) is 11.3 Å². The fraction of sp³-hybridized carbons (Fsp3) is 0.700. The van der Waals surface area contributed by atoms with Gasteiger partial charge in [0.25, 0.3) is 0 Å². The molecule has 0 amide bonds. The molecule has 1 atom stereocenters. The molecule has 0 aromatic heterocycles. The number of ether oxygens (including phenoxy) is 1. The van der Waals surface area contributed by atoms with Gasteiger partial charge in [0.05, 0.1) is 6.07 Å². The number of hydrogen-bond donors (Lipinski definition) is 0. The molecule has 0 aliphatic carbocycles. The Morgan fingerprint density at radius 1 is 1.41 bits per heavy atom. The third-order valence-corrected chi connectivity index (χ3v) is 2.30. The third kappa shape index (κ3) is 7.02. The first-order valence-corrected chi connectivity index (χ1v) is 8.50. The molecule has 0 saturated carbocycles. The largest absolute Gasteiger partial charge is 0.541 e. The van der Waals surface area contributed by atoms with E-state index in [2.05, 4.69) is 0 Å². The lowest BCUT2D eigenvalue weighted by atomic mass is 10.3. The van der Waals surface area contributed by atoms with Crippen LogP contribution in [0.2, 0.25) is 19.6 Å². The number of nitrogens with zero attached hydrogens (tertiary/aromatic N) is 1. The van der Waals surface area contributed by atoms with Crippen LogP contribution in [0.15, 0.2) is 11.8 Å². The van der Waals surface area contributed by atoms with Crippen molar-refractivity contribution in [2.75, 3.05) is 6.61 Å². The molecule has 7 heteroatoms. The van der Waals surface area contributed by atoms with Gasteiger partial charge in [0, 0.05) is 12.7 Å². The van der Waals surface area contributed by atoms with Gasteiger partial charge in [0.1, 0.15) is 0 Å². The number of nitriles is 1. The Morgan fingerprint density at radius 2 is 1.94 bits per heavy atom. The smallest absolute Gasteiger partial charge is 0.447 e. The van der Waals surface area contributed by atoms with E-state index in [0.717, 1.165) is 0 Å². The maximum Gasteiger partial charge on any atom is 0.447 e. The monoisotopic (exact) mass is 267 g/mol. The molecule has 0 aromatic rings. The summed E-state index contributed by atoms with van der Waals surface area (Å²) in [5, 5.41) is 8.64. The molecular weight excluding hydrogens is 251 g/mol. The molecule has 0 spiro atoms. The van der Waals surface area contributed by atoms with Crippen LogP contribution in [-0.4, -0.2) is 27.2 Å². The number of halogens is 3. The second-order valence-corrected chi connectivity index (χ2v) is 8.68. The molecule has 0 aliphatic rings. The summed E-state index contributed by atoms with van der Waals surface area (Å²) >= 11 is 0. The molecule has 17 heavy (non-hydrogen) atoms. The molecule has 0 radical (unpaired) electrons. The Labute approximate surface area is 100.0 Å². The highest BCUT2D eigenvalue weighted by molar-refractivity contribution is 6.70. The van der Waals surface area contributed by atoms with Gasteiger partial charge in [-0.05, 0) is 26.6 Å². The number of rotatable bonds is 5. The molecule has 0 saturated heterocycles. The number of alkyl halides is 3. The lowest BCUT2D eigenvalue weighted by Gasteiger charge is -2.23. The van der Waals surface area contributed by atoms with Gasteiger partial charge in [-0.25, -0.2) is 0 Å². The van der Waals surface area contributed by atoms with Crippen molar-refractivity contribution >= 4 is 8.32 Å². The zero-order chi connectivity index (χ0) is 13.7. The highest BCUT2D eigenvalue weighted by atomic mass is 28.4. The summed E-state index contributed by atoms with van der Waals surface area (Å²) < 4.78 is 47.7. The van der Waals surface area contributed by atoms with Crippen molar-refractivity contribution in [1.82, 2.24) is 0 Å². The molecule has 98 valence electrons. The lowest BCUT2D eigenvalue weighted by Crippen LogP contribution is -2.31. The molecule has 0 rings (SSSR count). The second-order valence-electron chi connectivity index (χ2n) is 4.25. The molecule has 3 nitrogen and oxygen atoms in total. The zero-order valence-corrected chi connectivity index (χ0v) is 11.3. The fourth-order valence-electron chi connectivity index (χ4n) is 0.956. The molecule has 1 unspecified atom stereocenters. The summed E-state index contributed by atoms with van der Waals surface area (Å²) in [6, 6.07) is 1.63. The maximum atomic E-state index is 12.7.